The second-order valence-electron chi connectivity index (χ2n) is 7.50. The average Bonchev–Trinajstić information content (AvgIpc) is 2.61. The van der Waals surface area contributed by atoms with Gasteiger partial charge in [0.05, 0.1) is 12.2 Å². The number of carbonyl (C=O) groups is 1. The molecule has 0 spiro atoms. The first-order valence-electron chi connectivity index (χ1n) is 9.87. The minimum Gasteiger partial charge on any atom is -0.726 e. The third-order valence-corrected chi connectivity index (χ3v) is 5.50. The number of pyridine rings is 1. The van der Waals surface area contributed by atoms with Crippen LogP contribution in [-0.2, 0) is 25.9 Å². The lowest BCUT2D eigenvalue weighted by molar-refractivity contribution is -0.693. The summed E-state index contributed by atoms with van der Waals surface area (Å²) in [6.07, 6.45) is 7.34. The first kappa shape index (κ1) is 24.5. The zero-order valence-electron chi connectivity index (χ0n) is 17.5. The van der Waals surface area contributed by atoms with Crippen LogP contribution in [0.5, 0.6) is 0 Å². The van der Waals surface area contributed by atoms with Gasteiger partial charge in [-0.25, -0.2) is 17.8 Å². The number of hydrogen-bond acceptors (Lipinski definition) is 6. The quantitative estimate of drug-likeness (QED) is 0.307. The van der Waals surface area contributed by atoms with Crippen LogP contribution < -0.4 is 4.57 Å². The van der Waals surface area contributed by atoms with Crippen LogP contribution in [0.25, 0.3) is 0 Å². The highest BCUT2D eigenvalue weighted by Gasteiger charge is 2.33. The minimum atomic E-state index is -4.42. The number of carbonyl (C=O) groups excluding carboxylic acids is 1. The fraction of sp³-hybridized carbons (Fsp3) is 0.700. The second-order valence-corrected chi connectivity index (χ2v) is 8.55. The highest BCUT2D eigenvalue weighted by atomic mass is 32.3. The van der Waals surface area contributed by atoms with Gasteiger partial charge in [-0.05, 0) is 44.4 Å². The number of hydrogen-bond donors (Lipinski definition) is 0. The third kappa shape index (κ3) is 8.67. The van der Waals surface area contributed by atoms with Gasteiger partial charge >= 0.3 is 5.97 Å². The zero-order valence-corrected chi connectivity index (χ0v) is 18.3. The smallest absolute Gasteiger partial charge is 0.338 e. The number of ether oxygens (including phenoxy) is 1. The highest BCUT2D eigenvalue weighted by molar-refractivity contribution is 7.80. The molecular weight excluding hydrogens is 382 g/mol. The Kier molecular flexibility index (Phi) is 10.1. The predicted octanol–water partition coefficient (Wildman–Crippen LogP) is 3.09. The van der Waals surface area contributed by atoms with Crippen LogP contribution in [0.2, 0.25) is 0 Å². The van der Waals surface area contributed by atoms with E-state index in [0.717, 1.165) is 13.0 Å². The van der Waals surface area contributed by atoms with Crippen LogP contribution in [-0.4, -0.2) is 31.7 Å². The van der Waals surface area contributed by atoms with Crippen molar-refractivity contribution in [2.75, 3.05) is 6.61 Å². The molecule has 1 aromatic heterocycles. The summed E-state index contributed by atoms with van der Waals surface area (Å²) in [4.78, 5) is 12.4. The molecule has 3 atom stereocenters. The molecule has 1 fully saturated rings. The molecule has 28 heavy (non-hydrogen) atoms. The van der Waals surface area contributed by atoms with Crippen LogP contribution in [0.4, 0.5) is 0 Å². The summed E-state index contributed by atoms with van der Waals surface area (Å²) >= 11 is 0. The standard InChI is InChI=1S/C18H28NO2.C2H6O4S/c1-5-19-10-8-15(9-11-19)18(20)21-17-12-14(4)6-7-16(17)13(2)3;1-2-6-7(3,4)5/h8-11,13-14,16-17H,5-7,12H2,1-4H3;2H2,1H3,(H,3,4,5)/q+1;/p-1/t14-,16+,17-;/m1./s1. The maximum atomic E-state index is 12.4. The van der Waals surface area contributed by atoms with Crippen molar-refractivity contribution in [2.45, 2.75) is 66.5 Å². The van der Waals surface area contributed by atoms with Crippen LogP contribution >= 0.6 is 0 Å². The van der Waals surface area contributed by atoms with Crippen molar-refractivity contribution >= 4 is 16.4 Å². The molecule has 8 heteroatoms. The molecular formula is C20H33NO6S. The van der Waals surface area contributed by atoms with E-state index >= 15 is 0 Å². The van der Waals surface area contributed by atoms with Crippen molar-refractivity contribution in [1.82, 2.24) is 0 Å². The van der Waals surface area contributed by atoms with E-state index in [1.54, 1.807) is 0 Å². The minimum absolute atomic E-state index is 0.0692. The molecule has 0 amide bonds. The molecule has 0 aliphatic heterocycles. The van der Waals surface area contributed by atoms with Gasteiger partial charge in [0.25, 0.3) is 0 Å². The van der Waals surface area contributed by atoms with Crippen LogP contribution in [0.15, 0.2) is 24.5 Å². The Balaban J connectivity index is 0.000000480. The van der Waals surface area contributed by atoms with Crippen LogP contribution in [0.1, 0.15) is 64.2 Å². The van der Waals surface area contributed by atoms with Gasteiger partial charge in [-0.2, -0.15) is 0 Å². The van der Waals surface area contributed by atoms with Crippen molar-refractivity contribution in [3.63, 3.8) is 0 Å². The monoisotopic (exact) mass is 415 g/mol. The summed E-state index contributed by atoms with van der Waals surface area (Å²) in [6.45, 7) is 11.0. The molecule has 0 saturated heterocycles. The lowest BCUT2D eigenvalue weighted by Crippen LogP contribution is -2.36. The topological polar surface area (TPSA) is 96.6 Å². The molecule has 1 heterocycles. The third-order valence-electron chi connectivity index (χ3n) is 4.97. The molecule has 7 nitrogen and oxygen atoms in total. The van der Waals surface area contributed by atoms with Gasteiger partial charge in [0.1, 0.15) is 12.6 Å². The summed E-state index contributed by atoms with van der Waals surface area (Å²) in [7, 11) is -4.42. The Morgan fingerprint density at radius 2 is 1.86 bits per heavy atom. The lowest BCUT2D eigenvalue weighted by Gasteiger charge is -2.36. The van der Waals surface area contributed by atoms with Gasteiger partial charge in [-0.3, -0.25) is 4.18 Å². The van der Waals surface area contributed by atoms with Gasteiger partial charge in [0.15, 0.2) is 12.4 Å². The lowest BCUT2D eigenvalue weighted by atomic mass is 9.75. The maximum Gasteiger partial charge on any atom is 0.338 e. The molecule has 0 radical (unpaired) electrons. The van der Waals surface area contributed by atoms with E-state index in [4.69, 9.17) is 4.74 Å². The van der Waals surface area contributed by atoms with Gasteiger partial charge in [0, 0.05) is 12.1 Å². The van der Waals surface area contributed by atoms with Gasteiger partial charge < -0.3 is 9.29 Å². The Morgan fingerprint density at radius 3 is 2.29 bits per heavy atom. The largest absolute Gasteiger partial charge is 0.726 e. The van der Waals surface area contributed by atoms with Crippen molar-refractivity contribution in [3.05, 3.63) is 30.1 Å². The molecule has 0 N–H and O–H groups in total. The van der Waals surface area contributed by atoms with E-state index in [1.165, 1.54) is 19.8 Å². The van der Waals surface area contributed by atoms with Crippen LogP contribution in [0, 0.1) is 17.8 Å². The normalized spacial score (nSPS) is 22.3. The first-order valence-corrected chi connectivity index (χ1v) is 11.2. The summed E-state index contributed by atoms with van der Waals surface area (Å²) in [5.74, 6) is 1.53. The number of rotatable bonds is 6. The van der Waals surface area contributed by atoms with E-state index in [2.05, 4.69) is 31.9 Å². The average molecular weight is 416 g/mol. The highest BCUT2D eigenvalue weighted by Crippen LogP contribution is 2.35. The van der Waals surface area contributed by atoms with Crippen molar-refractivity contribution in [2.24, 2.45) is 17.8 Å². The zero-order chi connectivity index (χ0) is 21.3. The predicted molar refractivity (Wildman–Crippen MR) is 104 cm³/mol. The van der Waals surface area contributed by atoms with Gasteiger partial charge in [-0.15, -0.1) is 0 Å². The van der Waals surface area contributed by atoms with E-state index in [1.807, 2.05) is 29.1 Å². The van der Waals surface area contributed by atoms with E-state index in [-0.39, 0.29) is 18.7 Å². The maximum absolute atomic E-state index is 12.4. The molecule has 1 aliphatic carbocycles. The fourth-order valence-corrected chi connectivity index (χ4v) is 3.69. The Bertz CT molecular complexity index is 702. The SMILES string of the molecule is CCOS(=O)(=O)[O-].CC[n+]1ccc(C(=O)O[C@@H]2C[C@H](C)CC[C@H]2C(C)C)cc1. The first-order chi connectivity index (χ1) is 13.1. The fourth-order valence-electron chi connectivity index (χ4n) is 3.40. The summed E-state index contributed by atoms with van der Waals surface area (Å²) < 4.78 is 39.9. The second kappa shape index (κ2) is 11.5. The molecule has 1 aliphatic rings. The summed E-state index contributed by atoms with van der Waals surface area (Å²) in [6, 6.07) is 3.70. The van der Waals surface area contributed by atoms with E-state index in [9.17, 15) is 17.8 Å². The Labute approximate surface area is 169 Å². The molecule has 2 rings (SSSR count). The molecule has 160 valence electrons. The van der Waals surface area contributed by atoms with E-state index < -0.39 is 10.4 Å². The number of nitrogens with zero attached hydrogens (tertiary/aromatic N) is 1. The molecule has 0 unspecified atom stereocenters. The molecule has 1 saturated carbocycles. The van der Waals surface area contributed by atoms with Crippen molar-refractivity contribution in [3.8, 4) is 0 Å². The van der Waals surface area contributed by atoms with Crippen molar-refractivity contribution < 1.29 is 31.3 Å². The Morgan fingerprint density at radius 1 is 1.25 bits per heavy atom. The summed E-state index contributed by atoms with van der Waals surface area (Å²) in [5, 5.41) is 0. The number of aryl methyl sites for hydroxylation is 1. The number of aromatic nitrogens is 1. The van der Waals surface area contributed by atoms with Crippen molar-refractivity contribution in [1.29, 1.82) is 0 Å². The molecule has 1 aromatic rings. The summed E-state index contributed by atoms with van der Waals surface area (Å²) in [5.41, 5.74) is 0.653. The number of esters is 1. The molecule has 0 aromatic carbocycles. The molecule has 0 bridgehead atoms. The Hall–Kier alpha value is -1.51. The van der Waals surface area contributed by atoms with Gasteiger partial charge in [-0.1, -0.05) is 27.2 Å². The van der Waals surface area contributed by atoms with E-state index in [0.29, 0.717) is 23.3 Å². The van der Waals surface area contributed by atoms with Crippen LogP contribution in [0.3, 0.4) is 0 Å². The van der Waals surface area contributed by atoms with Gasteiger partial charge in [0.2, 0.25) is 10.4 Å².